The average Bonchev–Trinajstić information content (AvgIpc) is 2.34. The topological polar surface area (TPSA) is 19.4 Å². The van der Waals surface area contributed by atoms with Crippen LogP contribution in [0.5, 0.6) is 0 Å². The van der Waals surface area contributed by atoms with Crippen LogP contribution in [0.1, 0.15) is 19.0 Å². The highest BCUT2D eigenvalue weighted by Gasteiger charge is 2.22. The summed E-state index contributed by atoms with van der Waals surface area (Å²) in [5.41, 5.74) is 1.16. The van der Waals surface area contributed by atoms with Crippen molar-refractivity contribution in [2.75, 3.05) is 26.7 Å². The molecule has 1 aromatic heterocycles. The summed E-state index contributed by atoms with van der Waals surface area (Å²) in [6.45, 7) is 6.70. The molecule has 0 aromatic carbocycles. The molecular formula is C13H20BrN3. The molecule has 0 saturated carbocycles. The third-order valence-electron chi connectivity index (χ3n) is 3.51. The average molecular weight is 298 g/mol. The van der Waals surface area contributed by atoms with Crippen LogP contribution in [0.3, 0.4) is 0 Å². The number of pyridine rings is 1. The van der Waals surface area contributed by atoms with Crippen LogP contribution in [0, 0.1) is 0 Å². The summed E-state index contributed by atoms with van der Waals surface area (Å²) in [5.74, 6) is 0. The molecule has 2 heterocycles. The van der Waals surface area contributed by atoms with E-state index in [0.717, 1.165) is 36.3 Å². The van der Waals surface area contributed by atoms with Crippen molar-refractivity contribution in [1.82, 2.24) is 14.8 Å². The van der Waals surface area contributed by atoms with Crippen LogP contribution < -0.4 is 0 Å². The molecule has 1 atom stereocenters. The smallest absolute Gasteiger partial charge is 0.0544 e. The predicted molar refractivity (Wildman–Crippen MR) is 73.9 cm³/mol. The van der Waals surface area contributed by atoms with Crippen LogP contribution in [-0.2, 0) is 6.54 Å². The van der Waals surface area contributed by atoms with Crippen molar-refractivity contribution in [3.63, 3.8) is 0 Å². The molecule has 17 heavy (non-hydrogen) atoms. The molecule has 0 N–H and O–H groups in total. The number of aromatic nitrogens is 1. The Morgan fingerprint density at radius 3 is 2.88 bits per heavy atom. The number of halogens is 1. The molecule has 1 unspecified atom stereocenters. The zero-order valence-electron chi connectivity index (χ0n) is 10.6. The van der Waals surface area contributed by atoms with Crippen molar-refractivity contribution in [3.05, 3.63) is 28.5 Å². The van der Waals surface area contributed by atoms with Crippen molar-refractivity contribution in [2.24, 2.45) is 0 Å². The number of rotatable bonds is 3. The molecule has 3 nitrogen and oxygen atoms in total. The highest BCUT2D eigenvalue weighted by Crippen LogP contribution is 2.14. The standard InChI is InChI=1S/C13H20BrN3/c1-3-13-10-17(7-6-16(13)2)9-12-5-4-11(14)8-15-12/h4-5,8,13H,3,6-7,9-10H2,1-2H3. The molecule has 1 aromatic rings. The van der Waals surface area contributed by atoms with E-state index in [9.17, 15) is 0 Å². The van der Waals surface area contributed by atoms with Gasteiger partial charge in [0.25, 0.3) is 0 Å². The fourth-order valence-electron chi connectivity index (χ4n) is 2.32. The van der Waals surface area contributed by atoms with E-state index in [1.54, 1.807) is 0 Å². The monoisotopic (exact) mass is 297 g/mol. The second-order valence-electron chi connectivity index (χ2n) is 4.75. The van der Waals surface area contributed by atoms with Gasteiger partial charge in [0.05, 0.1) is 5.69 Å². The third kappa shape index (κ3) is 3.50. The van der Waals surface area contributed by atoms with Gasteiger partial charge in [-0.15, -0.1) is 0 Å². The maximum Gasteiger partial charge on any atom is 0.0544 e. The van der Waals surface area contributed by atoms with E-state index in [1.807, 2.05) is 6.20 Å². The molecule has 0 amide bonds. The Labute approximate surface area is 112 Å². The van der Waals surface area contributed by atoms with Gasteiger partial charge in [-0.2, -0.15) is 0 Å². The van der Waals surface area contributed by atoms with E-state index >= 15 is 0 Å². The molecule has 1 aliphatic heterocycles. The lowest BCUT2D eigenvalue weighted by Gasteiger charge is -2.38. The molecule has 0 bridgehead atoms. The Kier molecular flexibility index (Phi) is 4.54. The van der Waals surface area contributed by atoms with Gasteiger partial charge in [-0.1, -0.05) is 6.92 Å². The minimum Gasteiger partial charge on any atom is -0.301 e. The molecule has 94 valence electrons. The summed E-state index contributed by atoms with van der Waals surface area (Å²) in [6, 6.07) is 4.86. The SMILES string of the molecule is CCC1CN(Cc2ccc(Br)cn2)CCN1C. The Bertz CT molecular complexity index is 352. The van der Waals surface area contributed by atoms with Gasteiger partial charge in [-0.25, -0.2) is 0 Å². The fraction of sp³-hybridized carbons (Fsp3) is 0.615. The minimum absolute atomic E-state index is 0.694. The molecule has 1 fully saturated rings. The number of hydrogen-bond donors (Lipinski definition) is 0. The third-order valence-corrected chi connectivity index (χ3v) is 3.98. The van der Waals surface area contributed by atoms with E-state index < -0.39 is 0 Å². The van der Waals surface area contributed by atoms with Crippen molar-refractivity contribution < 1.29 is 0 Å². The van der Waals surface area contributed by atoms with Crippen LogP contribution in [-0.4, -0.2) is 47.5 Å². The van der Waals surface area contributed by atoms with Gasteiger partial charge in [0.15, 0.2) is 0 Å². The first-order chi connectivity index (χ1) is 8.19. The summed E-state index contributed by atoms with van der Waals surface area (Å²) in [6.07, 6.45) is 3.10. The van der Waals surface area contributed by atoms with Crippen LogP contribution >= 0.6 is 15.9 Å². The van der Waals surface area contributed by atoms with Gasteiger partial charge in [0.2, 0.25) is 0 Å². The lowest BCUT2D eigenvalue weighted by Crippen LogP contribution is -2.50. The maximum absolute atomic E-state index is 4.44. The molecule has 1 saturated heterocycles. The first kappa shape index (κ1) is 13.0. The van der Waals surface area contributed by atoms with Gasteiger partial charge < -0.3 is 4.90 Å². The molecular weight excluding hydrogens is 278 g/mol. The van der Waals surface area contributed by atoms with Gasteiger partial charge in [-0.3, -0.25) is 9.88 Å². The number of nitrogens with zero attached hydrogens (tertiary/aromatic N) is 3. The second-order valence-corrected chi connectivity index (χ2v) is 5.66. The van der Waals surface area contributed by atoms with E-state index in [4.69, 9.17) is 0 Å². The largest absolute Gasteiger partial charge is 0.301 e. The van der Waals surface area contributed by atoms with Crippen LogP contribution in [0.2, 0.25) is 0 Å². The molecule has 1 aliphatic rings. The van der Waals surface area contributed by atoms with Crippen LogP contribution in [0.25, 0.3) is 0 Å². The zero-order valence-corrected chi connectivity index (χ0v) is 12.2. The Hall–Kier alpha value is -0.450. The molecule has 0 aliphatic carbocycles. The van der Waals surface area contributed by atoms with Gasteiger partial charge >= 0.3 is 0 Å². The van der Waals surface area contributed by atoms with Crippen molar-refractivity contribution in [3.8, 4) is 0 Å². The first-order valence-corrected chi connectivity index (χ1v) is 7.01. The summed E-state index contributed by atoms with van der Waals surface area (Å²) in [4.78, 5) is 9.41. The van der Waals surface area contributed by atoms with Gasteiger partial charge in [-0.05, 0) is 41.5 Å². The van der Waals surface area contributed by atoms with E-state index in [0.29, 0.717) is 6.04 Å². The van der Waals surface area contributed by atoms with Crippen molar-refractivity contribution in [1.29, 1.82) is 0 Å². The normalized spacial score (nSPS) is 22.9. The number of likely N-dealkylation sites (N-methyl/N-ethyl adjacent to an activating group) is 1. The lowest BCUT2D eigenvalue weighted by molar-refractivity contribution is 0.0875. The van der Waals surface area contributed by atoms with E-state index in [1.165, 1.54) is 6.42 Å². The minimum atomic E-state index is 0.694. The lowest BCUT2D eigenvalue weighted by atomic mass is 10.1. The highest BCUT2D eigenvalue weighted by atomic mass is 79.9. The number of hydrogen-bond acceptors (Lipinski definition) is 3. The van der Waals surface area contributed by atoms with Crippen LogP contribution in [0.4, 0.5) is 0 Å². The summed E-state index contributed by atoms with van der Waals surface area (Å²) >= 11 is 3.42. The van der Waals surface area contributed by atoms with Crippen LogP contribution in [0.15, 0.2) is 22.8 Å². The predicted octanol–water partition coefficient (Wildman–Crippen LogP) is 2.37. The summed E-state index contributed by atoms with van der Waals surface area (Å²) < 4.78 is 1.05. The second kappa shape index (κ2) is 5.94. The van der Waals surface area contributed by atoms with E-state index in [2.05, 4.69) is 56.8 Å². The Balaban J connectivity index is 1.93. The quantitative estimate of drug-likeness (QED) is 0.854. The molecule has 4 heteroatoms. The van der Waals surface area contributed by atoms with Gasteiger partial charge in [0, 0.05) is 42.9 Å². The maximum atomic E-state index is 4.44. The fourth-order valence-corrected chi connectivity index (χ4v) is 2.56. The highest BCUT2D eigenvalue weighted by molar-refractivity contribution is 9.10. The van der Waals surface area contributed by atoms with Gasteiger partial charge in [0.1, 0.15) is 0 Å². The first-order valence-electron chi connectivity index (χ1n) is 6.22. The summed E-state index contributed by atoms with van der Waals surface area (Å²) in [7, 11) is 2.23. The zero-order chi connectivity index (χ0) is 12.3. The van der Waals surface area contributed by atoms with Crippen molar-refractivity contribution >= 4 is 15.9 Å². The van der Waals surface area contributed by atoms with E-state index in [-0.39, 0.29) is 0 Å². The Morgan fingerprint density at radius 2 is 2.24 bits per heavy atom. The molecule has 0 spiro atoms. The van der Waals surface area contributed by atoms with Crippen molar-refractivity contribution in [2.45, 2.75) is 25.9 Å². The number of piperazine rings is 1. The molecule has 2 rings (SSSR count). The molecule has 0 radical (unpaired) electrons. The summed E-state index contributed by atoms with van der Waals surface area (Å²) in [5, 5.41) is 0. The Morgan fingerprint density at radius 1 is 1.41 bits per heavy atom.